The van der Waals surface area contributed by atoms with Crippen molar-refractivity contribution in [3.63, 3.8) is 0 Å². The van der Waals surface area contributed by atoms with Crippen LogP contribution in [0.25, 0.3) is 11.3 Å². The van der Waals surface area contributed by atoms with Crippen LogP contribution in [0.2, 0.25) is 5.02 Å². The molecule has 0 atom stereocenters. The van der Waals surface area contributed by atoms with Gasteiger partial charge in [0.15, 0.2) is 5.16 Å². The number of anilines is 1. The second-order valence-corrected chi connectivity index (χ2v) is 6.79. The van der Waals surface area contributed by atoms with Gasteiger partial charge in [-0.15, -0.1) is 0 Å². The first-order valence-corrected chi connectivity index (χ1v) is 9.07. The Hall–Kier alpha value is -3.04. The van der Waals surface area contributed by atoms with E-state index in [0.717, 1.165) is 17.3 Å². The van der Waals surface area contributed by atoms with Crippen LogP contribution in [0.1, 0.15) is 0 Å². The molecule has 3 aromatic rings. The molecule has 0 unspecified atom stereocenters. The number of rotatable bonds is 6. The van der Waals surface area contributed by atoms with Crippen molar-refractivity contribution >= 4 is 40.6 Å². The van der Waals surface area contributed by atoms with E-state index in [2.05, 4.69) is 10.3 Å². The summed E-state index contributed by atoms with van der Waals surface area (Å²) in [6.45, 7) is 0. The number of nitro benzene ring substituents is 1. The number of carbonyl (C=O) groups excluding carboxylic acids is 1. The minimum Gasteiger partial charge on any atom is -0.337 e. The van der Waals surface area contributed by atoms with E-state index in [-0.39, 0.29) is 28.1 Å². The number of aromatic nitrogens is 2. The number of nitrogens with two attached hydrogens (primary N) is 1. The number of halogens is 1. The van der Waals surface area contributed by atoms with Gasteiger partial charge in [-0.1, -0.05) is 53.7 Å². The molecule has 0 saturated carbocycles. The molecule has 10 heteroatoms. The normalized spacial score (nSPS) is 10.6. The van der Waals surface area contributed by atoms with Gasteiger partial charge in [0, 0.05) is 17.3 Å². The molecular weight excluding hydrogens is 390 g/mol. The summed E-state index contributed by atoms with van der Waals surface area (Å²) in [5.74, 6) is 5.59. The van der Waals surface area contributed by atoms with Gasteiger partial charge in [-0.3, -0.25) is 14.9 Å². The predicted octanol–water partition coefficient (Wildman–Crippen LogP) is 3.56. The Bertz CT molecular complexity index is 993. The summed E-state index contributed by atoms with van der Waals surface area (Å²) in [6.07, 6.45) is 1.68. The molecule has 0 fully saturated rings. The monoisotopic (exact) mass is 403 g/mol. The van der Waals surface area contributed by atoms with Crippen molar-refractivity contribution in [2.45, 2.75) is 5.16 Å². The Kier molecular flexibility index (Phi) is 5.63. The number of thioether (sulfide) groups is 1. The molecule has 0 saturated heterocycles. The fraction of sp³-hybridized carbons (Fsp3) is 0.0588. The van der Waals surface area contributed by atoms with Crippen LogP contribution < -0.4 is 11.2 Å². The third kappa shape index (κ3) is 4.57. The Morgan fingerprint density at radius 1 is 1.30 bits per heavy atom. The fourth-order valence-electron chi connectivity index (χ4n) is 2.29. The van der Waals surface area contributed by atoms with Crippen LogP contribution in [-0.2, 0) is 4.79 Å². The molecule has 0 aliphatic carbocycles. The zero-order valence-electron chi connectivity index (χ0n) is 13.8. The van der Waals surface area contributed by atoms with E-state index in [4.69, 9.17) is 17.4 Å². The smallest absolute Gasteiger partial charge is 0.289 e. The number of nitro groups is 1. The molecule has 3 rings (SSSR count). The number of benzene rings is 2. The summed E-state index contributed by atoms with van der Waals surface area (Å²) in [7, 11) is 0. The van der Waals surface area contributed by atoms with Crippen molar-refractivity contribution in [3.8, 4) is 11.3 Å². The Balaban J connectivity index is 1.64. The van der Waals surface area contributed by atoms with Crippen LogP contribution in [-0.4, -0.2) is 26.2 Å². The lowest BCUT2D eigenvalue weighted by Crippen LogP contribution is -2.15. The highest BCUT2D eigenvalue weighted by Gasteiger charge is 2.15. The predicted molar refractivity (Wildman–Crippen MR) is 105 cm³/mol. The van der Waals surface area contributed by atoms with Gasteiger partial charge in [0.25, 0.3) is 5.69 Å². The lowest BCUT2D eigenvalue weighted by molar-refractivity contribution is -0.384. The van der Waals surface area contributed by atoms with Gasteiger partial charge in [-0.2, -0.15) is 0 Å². The van der Waals surface area contributed by atoms with E-state index in [9.17, 15) is 14.9 Å². The molecular formula is C17H14ClN5O3S. The average molecular weight is 404 g/mol. The molecule has 1 heterocycles. The number of hydrogen-bond acceptors (Lipinski definition) is 6. The number of nitrogens with one attached hydrogen (secondary N) is 1. The topological polar surface area (TPSA) is 116 Å². The van der Waals surface area contributed by atoms with Gasteiger partial charge in [0.2, 0.25) is 5.91 Å². The number of carbonyl (C=O) groups is 1. The minimum atomic E-state index is -0.608. The molecule has 27 heavy (non-hydrogen) atoms. The fourth-order valence-corrected chi connectivity index (χ4v) is 3.17. The highest BCUT2D eigenvalue weighted by atomic mass is 35.5. The maximum Gasteiger partial charge on any atom is 0.289 e. The lowest BCUT2D eigenvalue weighted by Gasteiger charge is -2.05. The Labute approximate surface area is 163 Å². The summed E-state index contributed by atoms with van der Waals surface area (Å²) in [5.41, 5.74) is 1.64. The van der Waals surface area contributed by atoms with Gasteiger partial charge >= 0.3 is 0 Å². The molecule has 3 N–H and O–H groups in total. The van der Waals surface area contributed by atoms with Crippen LogP contribution in [0.3, 0.4) is 0 Å². The van der Waals surface area contributed by atoms with Crippen LogP contribution in [0.15, 0.2) is 59.9 Å². The highest BCUT2D eigenvalue weighted by molar-refractivity contribution is 7.99. The Morgan fingerprint density at radius 3 is 2.74 bits per heavy atom. The van der Waals surface area contributed by atoms with E-state index in [0.29, 0.717) is 10.9 Å². The molecule has 1 amide bonds. The van der Waals surface area contributed by atoms with E-state index < -0.39 is 4.92 Å². The number of nitrogens with zero attached hydrogens (tertiary/aromatic N) is 3. The van der Waals surface area contributed by atoms with Gasteiger partial charge in [0.1, 0.15) is 5.02 Å². The Morgan fingerprint density at radius 2 is 2.04 bits per heavy atom. The second-order valence-electron chi connectivity index (χ2n) is 5.44. The van der Waals surface area contributed by atoms with Crippen LogP contribution in [0.5, 0.6) is 0 Å². The van der Waals surface area contributed by atoms with Crippen molar-refractivity contribution in [1.29, 1.82) is 0 Å². The third-order valence-electron chi connectivity index (χ3n) is 3.53. The third-order valence-corrected chi connectivity index (χ3v) is 4.81. The van der Waals surface area contributed by atoms with Crippen molar-refractivity contribution in [2.24, 2.45) is 0 Å². The van der Waals surface area contributed by atoms with Crippen molar-refractivity contribution < 1.29 is 9.72 Å². The first-order chi connectivity index (χ1) is 12.9. The minimum absolute atomic E-state index is 0.00553. The number of nitrogen functional groups attached to an aromatic ring is 1. The second kappa shape index (κ2) is 8.11. The average Bonchev–Trinajstić information content (AvgIpc) is 3.03. The first kappa shape index (κ1) is 18.7. The van der Waals surface area contributed by atoms with Gasteiger partial charge in [-0.05, 0) is 12.1 Å². The summed E-state index contributed by atoms with van der Waals surface area (Å²) >= 11 is 6.91. The first-order valence-electron chi connectivity index (χ1n) is 7.70. The zero-order valence-corrected chi connectivity index (χ0v) is 15.4. The highest BCUT2D eigenvalue weighted by Crippen LogP contribution is 2.28. The summed E-state index contributed by atoms with van der Waals surface area (Å²) in [5, 5.41) is 14.0. The van der Waals surface area contributed by atoms with Crippen LogP contribution in [0, 0.1) is 10.1 Å². The molecule has 138 valence electrons. The lowest BCUT2D eigenvalue weighted by atomic mass is 10.2. The standard InChI is InChI=1S/C17H14ClN5O3S/c18-13-7-6-12(8-15(13)23(25)26)20-16(24)10-27-17-21-14(9-22(17)19)11-4-2-1-3-5-11/h1-9H,10,19H2,(H,20,24). The van der Waals surface area contributed by atoms with Crippen molar-refractivity contribution in [3.05, 3.63) is 69.9 Å². The molecule has 2 aromatic carbocycles. The van der Waals surface area contributed by atoms with E-state index >= 15 is 0 Å². The largest absolute Gasteiger partial charge is 0.337 e. The maximum atomic E-state index is 12.1. The molecule has 0 aliphatic rings. The SMILES string of the molecule is Nn1cc(-c2ccccc2)nc1SCC(=O)Nc1ccc(Cl)c([N+](=O)[O-])c1. The van der Waals surface area contributed by atoms with Crippen molar-refractivity contribution in [2.75, 3.05) is 16.9 Å². The van der Waals surface area contributed by atoms with E-state index in [1.807, 2.05) is 30.3 Å². The van der Waals surface area contributed by atoms with Crippen LogP contribution >= 0.6 is 23.4 Å². The maximum absolute atomic E-state index is 12.1. The molecule has 0 bridgehead atoms. The van der Waals surface area contributed by atoms with Crippen molar-refractivity contribution in [1.82, 2.24) is 9.66 Å². The molecule has 1 aromatic heterocycles. The van der Waals surface area contributed by atoms with Gasteiger partial charge in [-0.25, -0.2) is 9.66 Å². The van der Waals surface area contributed by atoms with Gasteiger partial charge in [0.05, 0.1) is 22.6 Å². The molecule has 0 radical (unpaired) electrons. The van der Waals surface area contributed by atoms with Gasteiger partial charge < -0.3 is 11.2 Å². The summed E-state index contributed by atoms with van der Waals surface area (Å²) < 4.78 is 1.35. The number of hydrogen-bond donors (Lipinski definition) is 2. The molecule has 0 spiro atoms. The zero-order chi connectivity index (χ0) is 19.4. The van der Waals surface area contributed by atoms with E-state index in [1.165, 1.54) is 22.9 Å². The number of amides is 1. The molecule has 8 nitrogen and oxygen atoms in total. The summed E-state index contributed by atoms with van der Waals surface area (Å²) in [4.78, 5) is 26.8. The van der Waals surface area contributed by atoms with E-state index in [1.54, 1.807) is 6.20 Å². The quantitative estimate of drug-likeness (QED) is 0.281. The summed E-state index contributed by atoms with van der Waals surface area (Å²) in [6, 6.07) is 13.6. The number of imidazole rings is 1. The van der Waals surface area contributed by atoms with Crippen LogP contribution in [0.4, 0.5) is 11.4 Å². The molecule has 0 aliphatic heterocycles.